The number of carbonyl (C=O) groups is 1. The van der Waals surface area contributed by atoms with Crippen LogP contribution < -0.4 is 21.7 Å². The van der Waals surface area contributed by atoms with Crippen LogP contribution in [0.2, 0.25) is 0 Å². The zero-order chi connectivity index (χ0) is 13.8. The van der Waals surface area contributed by atoms with Gasteiger partial charge in [0.1, 0.15) is 17.4 Å². The summed E-state index contributed by atoms with van der Waals surface area (Å²) in [6, 6.07) is 7.98. The Morgan fingerprint density at radius 2 is 1.95 bits per heavy atom. The molecule has 0 atom stereocenters. The minimum absolute atomic E-state index is 0.335. The number of hydrogen-bond donors (Lipinski definition) is 3. The van der Waals surface area contributed by atoms with E-state index in [1.807, 2.05) is 5.43 Å². The van der Waals surface area contributed by atoms with Crippen molar-refractivity contribution in [3.8, 4) is 11.6 Å². The molecule has 1 heterocycles. The summed E-state index contributed by atoms with van der Waals surface area (Å²) in [4.78, 5) is 19.3. The molecule has 0 aliphatic rings. The Morgan fingerprint density at radius 3 is 2.53 bits per heavy atom. The van der Waals surface area contributed by atoms with E-state index in [9.17, 15) is 4.79 Å². The molecule has 5 N–H and O–H groups in total. The van der Waals surface area contributed by atoms with Gasteiger partial charge in [-0.25, -0.2) is 10.8 Å². The first-order valence-corrected chi connectivity index (χ1v) is 5.48. The molecule has 7 nitrogen and oxygen atoms in total. The number of anilines is 1. The first-order chi connectivity index (χ1) is 9.08. The first kappa shape index (κ1) is 12.8. The van der Waals surface area contributed by atoms with Crippen LogP contribution in [-0.4, -0.2) is 15.9 Å². The summed E-state index contributed by atoms with van der Waals surface area (Å²) in [6.45, 7) is 1.72. The zero-order valence-electron chi connectivity index (χ0n) is 10.3. The maximum absolute atomic E-state index is 11.3. The molecule has 1 aromatic heterocycles. The first-order valence-electron chi connectivity index (χ1n) is 5.48. The van der Waals surface area contributed by atoms with E-state index in [1.165, 1.54) is 6.07 Å². The predicted octanol–water partition coefficient (Wildman–Crippen LogP) is 0.763. The Balaban J connectivity index is 2.17. The molecule has 0 radical (unpaired) electrons. The van der Waals surface area contributed by atoms with Gasteiger partial charge in [0.05, 0.1) is 0 Å². The van der Waals surface area contributed by atoms with Crippen molar-refractivity contribution in [2.24, 2.45) is 5.84 Å². The number of nitrogens with two attached hydrogens (primary N) is 2. The Kier molecular flexibility index (Phi) is 3.58. The van der Waals surface area contributed by atoms with Crippen LogP contribution in [-0.2, 0) is 0 Å². The van der Waals surface area contributed by atoms with Gasteiger partial charge in [-0.3, -0.25) is 10.2 Å². The van der Waals surface area contributed by atoms with Gasteiger partial charge < -0.3 is 10.5 Å². The van der Waals surface area contributed by atoms with E-state index < -0.39 is 0 Å². The van der Waals surface area contributed by atoms with Crippen molar-refractivity contribution in [2.75, 3.05) is 5.73 Å². The lowest BCUT2D eigenvalue weighted by Gasteiger charge is -2.06. The van der Waals surface area contributed by atoms with Gasteiger partial charge in [0.25, 0.3) is 5.91 Å². The van der Waals surface area contributed by atoms with Crippen LogP contribution in [0, 0.1) is 6.92 Å². The number of nitrogens with one attached hydrogen (secondary N) is 1. The zero-order valence-corrected chi connectivity index (χ0v) is 10.3. The summed E-state index contributed by atoms with van der Waals surface area (Å²) in [6.07, 6.45) is 0. The number of nitrogens with zero attached hydrogens (tertiary/aromatic N) is 2. The van der Waals surface area contributed by atoms with E-state index in [2.05, 4.69) is 9.97 Å². The number of aryl methyl sites for hydroxylation is 1. The average Bonchev–Trinajstić information content (AvgIpc) is 2.37. The van der Waals surface area contributed by atoms with E-state index in [4.69, 9.17) is 16.3 Å². The molecule has 98 valence electrons. The molecule has 0 aliphatic heterocycles. The van der Waals surface area contributed by atoms with Crippen LogP contribution in [0.15, 0.2) is 30.3 Å². The topological polar surface area (TPSA) is 116 Å². The standard InChI is InChI=1S/C12H13N5O2/c1-7-15-10(13)6-11(16-7)19-9-4-2-8(3-5-9)12(18)17-14/h2-6H,14H2,1H3,(H,17,18)(H2,13,15,16). The highest BCUT2D eigenvalue weighted by atomic mass is 16.5. The van der Waals surface area contributed by atoms with Gasteiger partial charge in [0.15, 0.2) is 0 Å². The number of benzene rings is 1. The van der Waals surface area contributed by atoms with E-state index in [0.717, 1.165) is 0 Å². The van der Waals surface area contributed by atoms with Crippen LogP contribution in [0.1, 0.15) is 16.2 Å². The minimum Gasteiger partial charge on any atom is -0.439 e. The Morgan fingerprint density at radius 1 is 1.26 bits per heavy atom. The maximum Gasteiger partial charge on any atom is 0.265 e. The smallest absolute Gasteiger partial charge is 0.265 e. The highest BCUT2D eigenvalue weighted by Crippen LogP contribution is 2.21. The second kappa shape index (κ2) is 5.32. The number of rotatable bonds is 3. The van der Waals surface area contributed by atoms with Crippen LogP contribution in [0.5, 0.6) is 11.6 Å². The third-order valence-electron chi connectivity index (χ3n) is 2.30. The average molecular weight is 259 g/mol. The highest BCUT2D eigenvalue weighted by Gasteiger charge is 2.05. The molecule has 0 spiro atoms. The van der Waals surface area contributed by atoms with Crippen molar-refractivity contribution in [3.63, 3.8) is 0 Å². The summed E-state index contributed by atoms with van der Waals surface area (Å²) in [5.74, 6) is 6.41. The number of ether oxygens (including phenoxy) is 1. The lowest BCUT2D eigenvalue weighted by atomic mass is 10.2. The molecule has 2 aromatic rings. The molecule has 0 aliphatic carbocycles. The van der Waals surface area contributed by atoms with Crippen molar-refractivity contribution in [3.05, 3.63) is 41.7 Å². The molecule has 0 fully saturated rings. The lowest BCUT2D eigenvalue weighted by Crippen LogP contribution is -2.29. The fourth-order valence-corrected chi connectivity index (χ4v) is 1.49. The molecule has 7 heteroatoms. The van der Waals surface area contributed by atoms with Crippen LogP contribution in [0.25, 0.3) is 0 Å². The number of aromatic nitrogens is 2. The molecular formula is C12H13N5O2. The lowest BCUT2D eigenvalue weighted by molar-refractivity contribution is 0.0953. The van der Waals surface area contributed by atoms with Crippen molar-refractivity contribution < 1.29 is 9.53 Å². The van der Waals surface area contributed by atoms with E-state index in [0.29, 0.717) is 28.8 Å². The van der Waals surface area contributed by atoms with Gasteiger partial charge in [0, 0.05) is 11.6 Å². The van der Waals surface area contributed by atoms with Crippen molar-refractivity contribution in [1.82, 2.24) is 15.4 Å². The third-order valence-corrected chi connectivity index (χ3v) is 2.30. The van der Waals surface area contributed by atoms with E-state index >= 15 is 0 Å². The Labute approximate surface area is 109 Å². The molecule has 1 amide bonds. The van der Waals surface area contributed by atoms with Crippen LogP contribution in [0.3, 0.4) is 0 Å². The monoisotopic (exact) mass is 259 g/mol. The van der Waals surface area contributed by atoms with Crippen molar-refractivity contribution >= 4 is 11.7 Å². The van der Waals surface area contributed by atoms with Gasteiger partial charge in [-0.2, -0.15) is 4.98 Å². The van der Waals surface area contributed by atoms with E-state index in [1.54, 1.807) is 31.2 Å². The normalized spacial score (nSPS) is 10.0. The van der Waals surface area contributed by atoms with E-state index in [-0.39, 0.29) is 5.91 Å². The summed E-state index contributed by atoms with van der Waals surface area (Å²) in [5.41, 5.74) is 8.08. The second-order valence-corrected chi connectivity index (χ2v) is 3.78. The SMILES string of the molecule is Cc1nc(N)cc(Oc2ccc(C(=O)NN)cc2)n1. The van der Waals surface area contributed by atoms with Gasteiger partial charge >= 0.3 is 0 Å². The highest BCUT2D eigenvalue weighted by molar-refractivity contribution is 5.93. The molecule has 0 saturated carbocycles. The number of carbonyl (C=O) groups excluding carboxylic acids is 1. The van der Waals surface area contributed by atoms with Crippen molar-refractivity contribution in [2.45, 2.75) is 6.92 Å². The number of nitrogen functional groups attached to an aromatic ring is 2. The summed E-state index contributed by atoms with van der Waals surface area (Å²) in [7, 11) is 0. The fourth-order valence-electron chi connectivity index (χ4n) is 1.49. The quantitative estimate of drug-likeness (QED) is 0.425. The molecule has 2 rings (SSSR count). The van der Waals surface area contributed by atoms with Gasteiger partial charge in [-0.15, -0.1) is 0 Å². The summed E-state index contributed by atoms with van der Waals surface area (Å²) in [5, 5.41) is 0. The minimum atomic E-state index is -0.367. The van der Waals surface area contributed by atoms with Crippen LogP contribution >= 0.6 is 0 Å². The largest absolute Gasteiger partial charge is 0.439 e. The molecular weight excluding hydrogens is 246 g/mol. The van der Waals surface area contributed by atoms with Gasteiger partial charge in [-0.05, 0) is 31.2 Å². The van der Waals surface area contributed by atoms with Crippen LogP contribution in [0.4, 0.5) is 5.82 Å². The molecule has 0 bridgehead atoms. The molecule has 0 unspecified atom stereocenters. The van der Waals surface area contributed by atoms with Gasteiger partial charge in [-0.1, -0.05) is 0 Å². The third kappa shape index (κ3) is 3.17. The number of hydrazine groups is 1. The van der Waals surface area contributed by atoms with Crippen molar-refractivity contribution in [1.29, 1.82) is 0 Å². The molecule has 0 saturated heterocycles. The summed E-state index contributed by atoms with van der Waals surface area (Å²) >= 11 is 0. The maximum atomic E-state index is 11.3. The molecule has 19 heavy (non-hydrogen) atoms. The Bertz CT molecular complexity index is 577. The van der Waals surface area contributed by atoms with Gasteiger partial charge in [0.2, 0.25) is 5.88 Å². The fraction of sp³-hybridized carbons (Fsp3) is 0.0833. The second-order valence-electron chi connectivity index (χ2n) is 3.78. The number of hydrogen-bond acceptors (Lipinski definition) is 6. The number of amides is 1. The summed E-state index contributed by atoms with van der Waals surface area (Å²) < 4.78 is 5.51. The molecule has 1 aromatic carbocycles. The predicted molar refractivity (Wildman–Crippen MR) is 69.4 cm³/mol. The Hall–Kier alpha value is -2.67.